The van der Waals surface area contributed by atoms with Gasteiger partial charge in [0.2, 0.25) is 0 Å². The molecule has 3 nitrogen and oxygen atoms in total. The summed E-state index contributed by atoms with van der Waals surface area (Å²) in [5.41, 5.74) is 1.02. The quantitative estimate of drug-likeness (QED) is 0.613. The molecule has 1 heterocycles. The lowest BCUT2D eigenvalue weighted by atomic mass is 10.1. The van der Waals surface area contributed by atoms with Crippen LogP contribution in [0.25, 0.3) is 0 Å². The number of fused-ring (bicyclic) bond motifs is 1. The first kappa shape index (κ1) is 14.4. The number of imide groups is 1. The fourth-order valence-electron chi connectivity index (χ4n) is 2.25. The fraction of sp³-hybridized carbons (Fsp3) is 0.125. The zero-order chi connectivity index (χ0) is 14.8. The minimum Gasteiger partial charge on any atom is -0.273 e. The first-order valence-electron chi connectivity index (χ1n) is 6.51. The van der Waals surface area contributed by atoms with Crippen LogP contribution in [0.15, 0.2) is 57.9 Å². The number of hydrogen-bond donors (Lipinski definition) is 0. The van der Waals surface area contributed by atoms with E-state index in [0.717, 1.165) is 9.37 Å². The van der Waals surface area contributed by atoms with Crippen molar-refractivity contribution < 1.29 is 9.59 Å². The van der Waals surface area contributed by atoms with Gasteiger partial charge < -0.3 is 0 Å². The summed E-state index contributed by atoms with van der Waals surface area (Å²) in [5.74, 6) is 0.292. The average molecular weight is 362 g/mol. The number of halogens is 1. The lowest BCUT2D eigenvalue weighted by molar-refractivity contribution is 0.0664. The van der Waals surface area contributed by atoms with Crippen molar-refractivity contribution in [3.8, 4) is 0 Å². The van der Waals surface area contributed by atoms with Gasteiger partial charge in [-0.15, -0.1) is 11.8 Å². The van der Waals surface area contributed by atoms with Crippen molar-refractivity contribution in [1.29, 1.82) is 0 Å². The van der Waals surface area contributed by atoms with Crippen molar-refractivity contribution in [3.63, 3.8) is 0 Å². The largest absolute Gasteiger partial charge is 0.273 e. The van der Waals surface area contributed by atoms with E-state index in [1.807, 2.05) is 24.3 Å². The molecule has 21 heavy (non-hydrogen) atoms. The van der Waals surface area contributed by atoms with Crippen molar-refractivity contribution in [1.82, 2.24) is 4.90 Å². The molecule has 3 rings (SSSR count). The Morgan fingerprint density at radius 2 is 1.48 bits per heavy atom. The minimum absolute atomic E-state index is 0.191. The van der Waals surface area contributed by atoms with Crippen molar-refractivity contribution in [2.45, 2.75) is 4.90 Å². The lowest BCUT2D eigenvalue weighted by Gasteiger charge is -2.13. The van der Waals surface area contributed by atoms with Crippen molar-refractivity contribution in [2.24, 2.45) is 0 Å². The van der Waals surface area contributed by atoms with E-state index in [0.29, 0.717) is 23.4 Å². The highest BCUT2D eigenvalue weighted by Crippen LogP contribution is 2.28. The molecule has 0 aliphatic carbocycles. The highest BCUT2D eigenvalue weighted by atomic mass is 79.9. The maximum atomic E-state index is 12.2. The van der Waals surface area contributed by atoms with Crippen LogP contribution in [0.2, 0.25) is 0 Å². The second-order valence-electron chi connectivity index (χ2n) is 4.59. The standard InChI is InChI=1S/C16H12BrNO2S/c17-13-7-3-4-8-14(13)21-10-9-18-15(19)11-5-1-2-6-12(11)16(18)20/h1-8H,9-10H2. The molecular weight excluding hydrogens is 350 g/mol. The van der Waals surface area contributed by atoms with Crippen LogP contribution in [-0.4, -0.2) is 29.0 Å². The van der Waals surface area contributed by atoms with E-state index in [9.17, 15) is 9.59 Å². The topological polar surface area (TPSA) is 37.4 Å². The Balaban J connectivity index is 1.66. The van der Waals surface area contributed by atoms with Crippen LogP contribution in [0, 0.1) is 0 Å². The van der Waals surface area contributed by atoms with E-state index in [2.05, 4.69) is 15.9 Å². The van der Waals surface area contributed by atoms with Crippen molar-refractivity contribution in [2.75, 3.05) is 12.3 Å². The summed E-state index contributed by atoms with van der Waals surface area (Å²) < 4.78 is 1.03. The van der Waals surface area contributed by atoms with E-state index in [1.54, 1.807) is 36.0 Å². The molecule has 5 heteroatoms. The van der Waals surface area contributed by atoms with Gasteiger partial charge in [-0.2, -0.15) is 0 Å². The number of carbonyl (C=O) groups excluding carboxylic acids is 2. The molecule has 0 aromatic heterocycles. The number of carbonyl (C=O) groups is 2. The first-order chi connectivity index (χ1) is 10.2. The van der Waals surface area contributed by atoms with Crippen LogP contribution in [0.4, 0.5) is 0 Å². The number of hydrogen-bond acceptors (Lipinski definition) is 3. The Labute approximate surface area is 135 Å². The lowest BCUT2D eigenvalue weighted by Crippen LogP contribution is -2.31. The van der Waals surface area contributed by atoms with Crippen LogP contribution in [-0.2, 0) is 0 Å². The monoisotopic (exact) mass is 361 g/mol. The summed E-state index contributed by atoms with van der Waals surface area (Å²) in [6, 6.07) is 14.9. The second kappa shape index (κ2) is 6.03. The van der Waals surface area contributed by atoms with E-state index in [4.69, 9.17) is 0 Å². The van der Waals surface area contributed by atoms with Crippen LogP contribution in [0.5, 0.6) is 0 Å². The van der Waals surface area contributed by atoms with Gasteiger partial charge in [0.25, 0.3) is 11.8 Å². The number of benzene rings is 2. The predicted molar refractivity (Wildman–Crippen MR) is 86.7 cm³/mol. The summed E-state index contributed by atoms with van der Waals surface area (Å²) in [6.07, 6.45) is 0. The highest BCUT2D eigenvalue weighted by Gasteiger charge is 2.34. The molecule has 0 N–H and O–H groups in total. The van der Waals surface area contributed by atoms with Gasteiger partial charge in [0.15, 0.2) is 0 Å². The van der Waals surface area contributed by atoms with Crippen LogP contribution < -0.4 is 0 Å². The Kier molecular flexibility index (Phi) is 4.12. The molecule has 2 aromatic carbocycles. The maximum absolute atomic E-state index is 12.2. The molecule has 0 spiro atoms. The van der Waals surface area contributed by atoms with Gasteiger partial charge in [-0.05, 0) is 40.2 Å². The summed E-state index contributed by atoms with van der Waals surface area (Å²) in [6.45, 7) is 0.415. The second-order valence-corrected chi connectivity index (χ2v) is 6.58. The highest BCUT2D eigenvalue weighted by molar-refractivity contribution is 9.10. The number of amides is 2. The molecule has 1 aliphatic heterocycles. The maximum Gasteiger partial charge on any atom is 0.261 e. The van der Waals surface area contributed by atoms with E-state index < -0.39 is 0 Å². The molecule has 2 amide bonds. The van der Waals surface area contributed by atoms with E-state index in [-0.39, 0.29) is 11.8 Å². The summed E-state index contributed by atoms with van der Waals surface area (Å²) in [5, 5.41) is 0. The third-order valence-corrected chi connectivity index (χ3v) is 5.29. The molecular formula is C16H12BrNO2S. The minimum atomic E-state index is -0.191. The Bertz CT molecular complexity index is 682. The summed E-state index contributed by atoms with van der Waals surface area (Å²) in [4.78, 5) is 26.8. The van der Waals surface area contributed by atoms with Gasteiger partial charge in [0.1, 0.15) is 0 Å². The molecule has 0 saturated carbocycles. The third kappa shape index (κ3) is 2.76. The molecule has 0 fully saturated rings. The molecule has 0 saturated heterocycles. The normalized spacial score (nSPS) is 13.7. The number of rotatable bonds is 4. The van der Waals surface area contributed by atoms with Crippen LogP contribution in [0.3, 0.4) is 0 Å². The number of nitrogens with zero attached hydrogens (tertiary/aromatic N) is 1. The van der Waals surface area contributed by atoms with Gasteiger partial charge in [-0.3, -0.25) is 14.5 Å². The number of thioether (sulfide) groups is 1. The van der Waals surface area contributed by atoms with Gasteiger partial charge in [-0.1, -0.05) is 24.3 Å². The van der Waals surface area contributed by atoms with E-state index >= 15 is 0 Å². The van der Waals surface area contributed by atoms with E-state index in [1.165, 1.54) is 4.90 Å². The van der Waals surface area contributed by atoms with Gasteiger partial charge in [-0.25, -0.2) is 0 Å². The predicted octanol–water partition coefficient (Wildman–Crippen LogP) is 3.84. The van der Waals surface area contributed by atoms with Gasteiger partial charge >= 0.3 is 0 Å². The zero-order valence-electron chi connectivity index (χ0n) is 11.1. The summed E-state index contributed by atoms with van der Waals surface area (Å²) >= 11 is 5.11. The first-order valence-corrected chi connectivity index (χ1v) is 8.29. The Hall–Kier alpha value is -1.59. The molecule has 0 bridgehead atoms. The van der Waals surface area contributed by atoms with Crippen LogP contribution in [0.1, 0.15) is 20.7 Å². The van der Waals surface area contributed by atoms with Crippen molar-refractivity contribution in [3.05, 3.63) is 64.1 Å². The SMILES string of the molecule is O=C1c2ccccc2C(=O)N1CCSc1ccccc1Br. The van der Waals surface area contributed by atoms with Gasteiger partial charge in [0, 0.05) is 21.7 Å². The molecule has 0 atom stereocenters. The van der Waals surface area contributed by atoms with Gasteiger partial charge in [0.05, 0.1) is 11.1 Å². The molecule has 0 radical (unpaired) electrons. The molecule has 1 aliphatic rings. The third-order valence-electron chi connectivity index (χ3n) is 3.29. The molecule has 0 unspecified atom stereocenters. The molecule has 2 aromatic rings. The smallest absolute Gasteiger partial charge is 0.261 e. The Morgan fingerprint density at radius 1 is 0.905 bits per heavy atom. The average Bonchev–Trinajstić information content (AvgIpc) is 2.74. The van der Waals surface area contributed by atoms with Crippen molar-refractivity contribution >= 4 is 39.5 Å². The molecule has 106 valence electrons. The zero-order valence-corrected chi connectivity index (χ0v) is 13.5. The summed E-state index contributed by atoms with van der Waals surface area (Å²) in [7, 11) is 0. The van der Waals surface area contributed by atoms with Crippen LogP contribution >= 0.6 is 27.7 Å². The Morgan fingerprint density at radius 3 is 2.10 bits per heavy atom. The fourth-order valence-corrected chi connectivity index (χ4v) is 3.75.